The van der Waals surface area contributed by atoms with E-state index in [1.54, 1.807) is 18.6 Å². The van der Waals surface area contributed by atoms with E-state index in [0.717, 1.165) is 44.0 Å². The molecule has 10 nitrogen and oxygen atoms in total. The number of carbonyl (C=O) groups excluding carboxylic acids is 1. The second-order valence-corrected chi connectivity index (χ2v) is 10.2. The van der Waals surface area contributed by atoms with E-state index in [-0.39, 0.29) is 12.5 Å². The fraction of sp³-hybridized carbons (Fsp3) is 0.393. The van der Waals surface area contributed by atoms with Gasteiger partial charge in [-0.2, -0.15) is 23.1 Å². The van der Waals surface area contributed by atoms with Gasteiger partial charge in [0.1, 0.15) is 5.82 Å². The van der Waals surface area contributed by atoms with Crippen LogP contribution in [0.5, 0.6) is 0 Å². The molecule has 2 aliphatic heterocycles. The standard InChI is InChI=1S/C28H30F3N9O/c29-28(30,31)21-6-3-5-20(17-21)18-33-25-24-26(40(19-34-24)16-13-38-10-4-8-23(38)41)36-27(35-25)39-14-11-37(12-15-39)22-7-1-2-9-32-22/h1-3,5-7,9,17,19H,4,8,10-16,18H2,(H,33,35,36). The molecular formula is C28H30F3N9O. The molecule has 3 aromatic heterocycles. The highest BCUT2D eigenvalue weighted by molar-refractivity contribution is 5.84. The van der Waals surface area contributed by atoms with Crippen LogP contribution in [-0.2, 0) is 24.1 Å². The summed E-state index contributed by atoms with van der Waals surface area (Å²) >= 11 is 0. The summed E-state index contributed by atoms with van der Waals surface area (Å²) in [6, 6.07) is 11.1. The Morgan fingerprint density at radius 3 is 2.46 bits per heavy atom. The molecule has 2 saturated heterocycles. The number of rotatable bonds is 8. The van der Waals surface area contributed by atoms with E-state index in [1.165, 1.54) is 6.07 Å². The first-order chi connectivity index (χ1) is 19.8. The van der Waals surface area contributed by atoms with Crippen molar-refractivity contribution in [2.45, 2.75) is 32.1 Å². The summed E-state index contributed by atoms with van der Waals surface area (Å²) in [7, 11) is 0. The zero-order chi connectivity index (χ0) is 28.4. The minimum atomic E-state index is -4.42. The Morgan fingerprint density at radius 2 is 1.73 bits per heavy atom. The van der Waals surface area contributed by atoms with Gasteiger partial charge in [0.2, 0.25) is 11.9 Å². The summed E-state index contributed by atoms with van der Waals surface area (Å²) < 4.78 is 41.7. The zero-order valence-corrected chi connectivity index (χ0v) is 22.4. The Kier molecular flexibility index (Phi) is 7.33. The highest BCUT2D eigenvalue weighted by Gasteiger charge is 2.30. The van der Waals surface area contributed by atoms with E-state index in [0.29, 0.717) is 61.1 Å². The highest BCUT2D eigenvalue weighted by atomic mass is 19.4. The maximum Gasteiger partial charge on any atom is 0.416 e. The molecule has 5 heterocycles. The van der Waals surface area contributed by atoms with Crippen molar-refractivity contribution in [1.29, 1.82) is 0 Å². The number of aromatic nitrogens is 5. The molecule has 214 valence electrons. The monoisotopic (exact) mass is 565 g/mol. The lowest BCUT2D eigenvalue weighted by atomic mass is 10.1. The second kappa shape index (κ2) is 11.2. The molecular weight excluding hydrogens is 535 g/mol. The van der Waals surface area contributed by atoms with Gasteiger partial charge in [-0.1, -0.05) is 18.2 Å². The number of benzene rings is 1. The Bertz CT molecular complexity index is 1520. The number of nitrogens with one attached hydrogen (secondary N) is 1. The van der Waals surface area contributed by atoms with Crippen molar-refractivity contribution in [3.63, 3.8) is 0 Å². The number of nitrogens with zero attached hydrogens (tertiary/aromatic N) is 8. The van der Waals surface area contributed by atoms with Crippen LogP contribution in [0.25, 0.3) is 11.2 Å². The number of halogens is 3. The number of piperazine rings is 1. The number of hydrogen-bond donors (Lipinski definition) is 1. The maximum atomic E-state index is 13.3. The lowest BCUT2D eigenvalue weighted by Crippen LogP contribution is -2.47. The van der Waals surface area contributed by atoms with Gasteiger partial charge in [0, 0.05) is 65.0 Å². The predicted octanol–water partition coefficient (Wildman–Crippen LogP) is 3.80. The molecule has 0 unspecified atom stereocenters. The van der Waals surface area contributed by atoms with Crippen LogP contribution < -0.4 is 15.1 Å². The van der Waals surface area contributed by atoms with Crippen LogP contribution in [0.2, 0.25) is 0 Å². The van der Waals surface area contributed by atoms with Crippen LogP contribution in [0.1, 0.15) is 24.0 Å². The molecule has 0 bridgehead atoms. The second-order valence-electron chi connectivity index (χ2n) is 10.2. The fourth-order valence-electron chi connectivity index (χ4n) is 5.25. The van der Waals surface area contributed by atoms with Gasteiger partial charge in [-0.15, -0.1) is 0 Å². The quantitative estimate of drug-likeness (QED) is 0.345. The number of carbonyl (C=O) groups is 1. The topological polar surface area (TPSA) is 95.3 Å². The Labute approximate surface area is 234 Å². The van der Waals surface area contributed by atoms with Crippen LogP contribution in [0.15, 0.2) is 55.0 Å². The van der Waals surface area contributed by atoms with Crippen molar-refractivity contribution >= 4 is 34.7 Å². The summed E-state index contributed by atoms with van der Waals surface area (Å²) in [4.78, 5) is 36.9. The lowest BCUT2D eigenvalue weighted by molar-refractivity contribution is -0.137. The predicted molar refractivity (Wildman–Crippen MR) is 149 cm³/mol. The van der Waals surface area contributed by atoms with Crippen molar-refractivity contribution in [2.24, 2.45) is 0 Å². The average Bonchev–Trinajstić information content (AvgIpc) is 3.60. The maximum absolute atomic E-state index is 13.3. The number of anilines is 3. The van der Waals surface area contributed by atoms with Crippen molar-refractivity contribution in [1.82, 2.24) is 29.4 Å². The number of amides is 1. The third kappa shape index (κ3) is 5.88. The molecule has 0 spiro atoms. The summed E-state index contributed by atoms with van der Waals surface area (Å²) in [5, 5.41) is 3.21. The van der Waals surface area contributed by atoms with Gasteiger partial charge in [-0.25, -0.2) is 9.97 Å². The van der Waals surface area contributed by atoms with Crippen molar-refractivity contribution in [3.05, 3.63) is 66.1 Å². The summed E-state index contributed by atoms with van der Waals surface area (Å²) in [5.41, 5.74) is 0.918. The Hall–Kier alpha value is -4.42. The average molecular weight is 566 g/mol. The van der Waals surface area contributed by atoms with Crippen molar-refractivity contribution < 1.29 is 18.0 Å². The highest BCUT2D eigenvalue weighted by Crippen LogP contribution is 2.30. The molecule has 6 rings (SSSR count). The first kappa shape index (κ1) is 26.8. The van der Waals surface area contributed by atoms with E-state index in [1.807, 2.05) is 27.7 Å². The minimum absolute atomic E-state index is 0.137. The van der Waals surface area contributed by atoms with Gasteiger partial charge < -0.3 is 24.6 Å². The van der Waals surface area contributed by atoms with Crippen LogP contribution in [0.3, 0.4) is 0 Å². The smallest absolute Gasteiger partial charge is 0.364 e. The van der Waals surface area contributed by atoms with Gasteiger partial charge in [0.05, 0.1) is 11.9 Å². The number of pyridine rings is 1. The molecule has 2 fully saturated rings. The molecule has 0 radical (unpaired) electrons. The van der Waals surface area contributed by atoms with Gasteiger partial charge in [0.15, 0.2) is 17.0 Å². The third-order valence-electron chi connectivity index (χ3n) is 7.48. The van der Waals surface area contributed by atoms with Gasteiger partial charge in [0.25, 0.3) is 0 Å². The number of imidazole rings is 1. The number of hydrogen-bond acceptors (Lipinski definition) is 8. The molecule has 2 aliphatic rings. The van der Waals surface area contributed by atoms with Crippen LogP contribution in [-0.4, -0.2) is 74.6 Å². The fourth-order valence-corrected chi connectivity index (χ4v) is 5.25. The minimum Gasteiger partial charge on any atom is -0.364 e. The molecule has 41 heavy (non-hydrogen) atoms. The van der Waals surface area contributed by atoms with Crippen LogP contribution >= 0.6 is 0 Å². The molecule has 1 amide bonds. The number of likely N-dealkylation sites (tertiary alicyclic amines) is 1. The van der Waals surface area contributed by atoms with Crippen molar-refractivity contribution in [3.8, 4) is 0 Å². The third-order valence-corrected chi connectivity index (χ3v) is 7.48. The largest absolute Gasteiger partial charge is 0.416 e. The molecule has 1 N–H and O–H groups in total. The Morgan fingerprint density at radius 1 is 0.902 bits per heavy atom. The van der Waals surface area contributed by atoms with E-state index in [2.05, 4.69) is 25.1 Å². The van der Waals surface area contributed by atoms with E-state index in [9.17, 15) is 18.0 Å². The molecule has 0 aliphatic carbocycles. The van der Waals surface area contributed by atoms with Gasteiger partial charge in [-0.05, 0) is 36.2 Å². The molecule has 1 aromatic carbocycles. The first-order valence-corrected chi connectivity index (χ1v) is 13.7. The summed E-state index contributed by atoms with van der Waals surface area (Å²) in [6.45, 7) is 4.79. The van der Waals surface area contributed by atoms with Crippen LogP contribution in [0.4, 0.5) is 30.8 Å². The van der Waals surface area contributed by atoms with Gasteiger partial charge in [-0.3, -0.25) is 4.79 Å². The molecule has 4 aromatic rings. The van der Waals surface area contributed by atoms with E-state index in [4.69, 9.17) is 9.97 Å². The summed E-state index contributed by atoms with van der Waals surface area (Å²) in [5.74, 6) is 2.04. The summed E-state index contributed by atoms with van der Waals surface area (Å²) in [6.07, 6.45) is 0.476. The molecule has 13 heteroatoms. The van der Waals surface area contributed by atoms with E-state index < -0.39 is 11.7 Å². The van der Waals surface area contributed by atoms with Crippen molar-refractivity contribution in [2.75, 3.05) is 54.4 Å². The number of fused-ring (bicyclic) bond motifs is 1. The first-order valence-electron chi connectivity index (χ1n) is 13.7. The lowest BCUT2D eigenvalue weighted by Gasteiger charge is -2.35. The number of alkyl halides is 3. The van der Waals surface area contributed by atoms with Crippen LogP contribution in [0, 0.1) is 0 Å². The Balaban J connectivity index is 1.26. The molecule has 0 saturated carbocycles. The van der Waals surface area contributed by atoms with Gasteiger partial charge >= 0.3 is 6.18 Å². The van der Waals surface area contributed by atoms with E-state index >= 15 is 0 Å². The normalized spacial score (nSPS) is 16.2. The SMILES string of the molecule is O=C1CCCN1CCn1cnc2c(NCc3cccc(C(F)(F)F)c3)nc(N3CCN(c4ccccn4)CC3)nc21. The molecule has 0 atom stereocenters. The zero-order valence-electron chi connectivity index (χ0n) is 22.4.